The Morgan fingerprint density at radius 2 is 1.22 bits per heavy atom. The smallest absolute Gasteiger partial charge is 0.0701 e. The zero-order valence-electron chi connectivity index (χ0n) is 13.0. The van der Waals surface area contributed by atoms with Crippen LogP contribution in [0, 0.1) is 6.07 Å². The second-order valence-electron chi connectivity index (χ2n) is 4.69. The molecule has 0 N–H and O–H groups in total. The topological polar surface area (TPSA) is 27.7 Å². The number of hydrogen-bond acceptors (Lipinski definition) is 5. The van der Waals surface area contributed by atoms with Crippen LogP contribution >= 0.6 is 33.1 Å². The van der Waals surface area contributed by atoms with E-state index in [1.165, 1.54) is 11.1 Å². The molecule has 134 valence electrons. The van der Waals surface area contributed by atoms with Crippen LogP contribution < -0.4 is 0 Å². The molecule has 0 amide bonds. The van der Waals surface area contributed by atoms with E-state index in [-0.39, 0.29) is 0 Å². The van der Waals surface area contributed by atoms with Gasteiger partial charge in [0.15, 0.2) is 0 Å². The SMILES string of the molecule is [Cl][Pd+].[c-]1cc2cc(c1)CSCCOCCOCCOCCSC2. The molecule has 1 aromatic rings. The maximum atomic E-state index is 5.54. The van der Waals surface area contributed by atoms with Crippen molar-refractivity contribution in [2.45, 2.75) is 11.5 Å². The first kappa shape index (κ1) is 21.8. The molecule has 1 aliphatic rings. The molecule has 0 spiro atoms. The van der Waals surface area contributed by atoms with E-state index in [1.54, 1.807) is 0 Å². The Morgan fingerprint density at radius 3 is 1.70 bits per heavy atom. The molecule has 0 saturated heterocycles. The Bertz CT molecular complexity index is 368. The summed E-state index contributed by atoms with van der Waals surface area (Å²) in [5.41, 5.74) is 2.69. The molecular formula is C16H23ClO3PdS2. The standard InChI is InChI=1S/C16H23O3S2.ClH.Pd/c1-2-15-12-16(3-1)14-21-11-9-19-7-5-17-4-6-18-8-10-20-13-15;;/h2-3,12H,4-11,13-14H2;1H;/q-1;;+2/p-1. The molecule has 7 heteroatoms. The van der Waals surface area contributed by atoms with Crippen LogP contribution in [0.1, 0.15) is 11.1 Å². The Hall–Kier alpha value is 0.752. The van der Waals surface area contributed by atoms with Gasteiger partial charge in [-0.1, -0.05) is 0 Å². The predicted octanol–water partition coefficient (Wildman–Crippen LogP) is 3.70. The first-order chi connectivity index (χ1) is 11.4. The quantitative estimate of drug-likeness (QED) is 0.427. The molecule has 0 saturated carbocycles. The number of ether oxygens (including phenoxy) is 3. The first-order valence-corrected chi connectivity index (χ1v) is 11.8. The van der Waals surface area contributed by atoms with Gasteiger partial charge in [0.05, 0.1) is 39.6 Å². The van der Waals surface area contributed by atoms with Crippen molar-refractivity contribution in [3.8, 4) is 0 Å². The van der Waals surface area contributed by atoms with E-state index in [9.17, 15) is 0 Å². The van der Waals surface area contributed by atoms with Crippen molar-refractivity contribution < 1.29 is 32.4 Å². The van der Waals surface area contributed by atoms with Crippen molar-refractivity contribution in [3.05, 3.63) is 35.4 Å². The summed E-state index contributed by atoms with van der Waals surface area (Å²) in [6.07, 6.45) is 0. The molecule has 3 nitrogen and oxygen atoms in total. The van der Waals surface area contributed by atoms with Crippen LogP contribution in [0.4, 0.5) is 0 Å². The van der Waals surface area contributed by atoms with Gasteiger partial charge in [-0.25, -0.2) is 0 Å². The van der Waals surface area contributed by atoms with Crippen LogP contribution in [0.25, 0.3) is 0 Å². The van der Waals surface area contributed by atoms with Crippen molar-refractivity contribution in [1.82, 2.24) is 0 Å². The summed E-state index contributed by atoms with van der Waals surface area (Å²) in [6, 6.07) is 9.69. The van der Waals surface area contributed by atoms with E-state index in [0.29, 0.717) is 26.4 Å². The minimum Gasteiger partial charge on any atom is -0.378 e. The van der Waals surface area contributed by atoms with Crippen LogP contribution in [0.3, 0.4) is 0 Å². The summed E-state index contributed by atoms with van der Waals surface area (Å²) >= 11 is 6.03. The van der Waals surface area contributed by atoms with Crippen LogP contribution in [0.15, 0.2) is 18.2 Å². The molecule has 0 atom stereocenters. The number of benzene rings is 1. The minimum absolute atomic E-state index is 0.653. The molecule has 0 radical (unpaired) electrons. The van der Waals surface area contributed by atoms with Gasteiger partial charge in [0.2, 0.25) is 0 Å². The third-order valence-electron chi connectivity index (χ3n) is 2.93. The van der Waals surface area contributed by atoms with Crippen molar-refractivity contribution in [2.75, 3.05) is 51.1 Å². The van der Waals surface area contributed by atoms with Gasteiger partial charge in [-0.05, 0) is 11.5 Å². The second-order valence-corrected chi connectivity index (χ2v) is 6.90. The Kier molecular flexibility index (Phi) is 15.4. The Morgan fingerprint density at radius 1 is 0.783 bits per heavy atom. The van der Waals surface area contributed by atoms with Gasteiger partial charge in [0, 0.05) is 11.5 Å². The van der Waals surface area contributed by atoms with E-state index in [4.69, 9.17) is 14.2 Å². The van der Waals surface area contributed by atoms with E-state index < -0.39 is 0 Å². The monoisotopic (exact) mass is 468 g/mol. The molecule has 1 aromatic carbocycles. The fourth-order valence-corrected chi connectivity index (χ4v) is 3.47. The van der Waals surface area contributed by atoms with Gasteiger partial charge in [-0.2, -0.15) is 47.8 Å². The number of rotatable bonds is 0. The summed E-state index contributed by atoms with van der Waals surface area (Å²) in [5, 5.41) is 0. The fraction of sp³-hybridized carbons (Fsp3) is 0.625. The van der Waals surface area contributed by atoms with E-state index in [0.717, 1.165) is 36.2 Å². The minimum atomic E-state index is 0.653. The number of fused-ring (bicyclic) bond motifs is 2. The molecule has 1 heterocycles. The maximum absolute atomic E-state index is 5.54. The average Bonchev–Trinajstić information content (AvgIpc) is 2.60. The molecule has 1 aliphatic heterocycles. The van der Waals surface area contributed by atoms with Crippen LogP contribution in [-0.4, -0.2) is 51.1 Å². The van der Waals surface area contributed by atoms with Gasteiger partial charge >= 0.3 is 27.7 Å². The summed E-state index contributed by atoms with van der Waals surface area (Å²) in [6.45, 7) is 4.20. The van der Waals surface area contributed by atoms with Gasteiger partial charge in [0.25, 0.3) is 0 Å². The summed E-state index contributed by atoms with van der Waals surface area (Å²) in [4.78, 5) is 0. The molecule has 0 unspecified atom stereocenters. The largest absolute Gasteiger partial charge is 0.378 e. The molecule has 0 fully saturated rings. The van der Waals surface area contributed by atoms with Crippen molar-refractivity contribution >= 4 is 33.1 Å². The summed E-state index contributed by atoms with van der Waals surface area (Å²) < 4.78 is 16.5. The molecule has 0 aromatic heterocycles. The predicted molar refractivity (Wildman–Crippen MR) is 95.9 cm³/mol. The average molecular weight is 469 g/mol. The third kappa shape index (κ3) is 11.9. The van der Waals surface area contributed by atoms with Gasteiger partial charge in [0.1, 0.15) is 0 Å². The van der Waals surface area contributed by atoms with E-state index in [2.05, 4.69) is 52.0 Å². The van der Waals surface area contributed by atoms with Crippen molar-refractivity contribution in [2.24, 2.45) is 0 Å². The zero-order chi connectivity index (χ0) is 16.6. The van der Waals surface area contributed by atoms with Crippen molar-refractivity contribution in [1.29, 1.82) is 0 Å². The molecule has 0 aliphatic carbocycles. The van der Waals surface area contributed by atoms with E-state index >= 15 is 0 Å². The van der Waals surface area contributed by atoms with E-state index in [1.807, 2.05) is 23.5 Å². The van der Waals surface area contributed by atoms with Gasteiger partial charge < -0.3 is 14.2 Å². The zero-order valence-corrected chi connectivity index (χ0v) is 17.0. The second kappa shape index (κ2) is 16.2. The summed E-state index contributed by atoms with van der Waals surface area (Å²) in [7, 11) is 4.49. The molecule has 2 rings (SSSR count). The summed E-state index contributed by atoms with van der Waals surface area (Å²) in [5.74, 6) is 4.08. The fourth-order valence-electron chi connectivity index (χ4n) is 1.90. The number of thioether (sulfide) groups is 2. The van der Waals surface area contributed by atoms with Gasteiger partial charge in [-0.3, -0.25) is 0 Å². The van der Waals surface area contributed by atoms with Crippen LogP contribution in [-0.2, 0) is 43.9 Å². The maximum Gasteiger partial charge on any atom is 0.0701 e. The van der Waals surface area contributed by atoms with Crippen molar-refractivity contribution in [3.63, 3.8) is 0 Å². The van der Waals surface area contributed by atoms with Gasteiger partial charge in [-0.15, -0.1) is 11.1 Å². The Labute approximate surface area is 162 Å². The van der Waals surface area contributed by atoms with Crippen LogP contribution in [0.2, 0.25) is 0 Å². The van der Waals surface area contributed by atoms with Crippen LogP contribution in [0.5, 0.6) is 0 Å². The Balaban J connectivity index is 0.00000127. The third-order valence-corrected chi connectivity index (χ3v) is 4.92. The number of hydrogen-bond donors (Lipinski definition) is 0. The number of halogens is 1. The molecule has 2 bridgehead atoms. The normalized spacial score (nSPS) is 18.9. The molecular weight excluding hydrogens is 446 g/mol. The first-order valence-electron chi connectivity index (χ1n) is 7.45. The molecule has 23 heavy (non-hydrogen) atoms.